The number of esters is 1. The van der Waals surface area contributed by atoms with Crippen molar-refractivity contribution in [3.63, 3.8) is 0 Å². The van der Waals surface area contributed by atoms with E-state index in [1.54, 1.807) is 0 Å². The fraction of sp³-hybridized carbons (Fsp3) is 0.667. The van der Waals surface area contributed by atoms with E-state index in [1.165, 1.54) is 6.92 Å². The van der Waals surface area contributed by atoms with Crippen LogP contribution in [0.25, 0.3) is 0 Å². The molecule has 0 aliphatic heterocycles. The maximum atomic E-state index is 10.2. The lowest BCUT2D eigenvalue weighted by molar-refractivity contribution is -0.144. The van der Waals surface area contributed by atoms with Crippen LogP contribution in [0.1, 0.15) is 6.92 Å². The van der Waals surface area contributed by atoms with Gasteiger partial charge in [-0.1, -0.05) is 0 Å². The van der Waals surface area contributed by atoms with E-state index < -0.39 is 24.8 Å². The van der Waals surface area contributed by atoms with Crippen molar-refractivity contribution >= 4 is 12.1 Å². The van der Waals surface area contributed by atoms with E-state index in [4.69, 9.17) is 10.2 Å². The summed E-state index contributed by atoms with van der Waals surface area (Å²) in [5.74, 6) is -0.538. The van der Waals surface area contributed by atoms with E-state index in [-0.39, 0.29) is 6.61 Å². The molecule has 0 heterocycles. The van der Waals surface area contributed by atoms with E-state index in [1.807, 2.05) is 0 Å². The zero-order valence-corrected chi connectivity index (χ0v) is 6.52. The Bertz CT molecular complexity index is 147. The summed E-state index contributed by atoms with van der Waals surface area (Å²) in [6.07, 6.45) is -2.58. The van der Waals surface area contributed by atoms with Gasteiger partial charge in [-0.15, -0.1) is 0 Å². The second kappa shape index (κ2) is 5.36. The van der Waals surface area contributed by atoms with Gasteiger partial charge in [0.15, 0.2) is 0 Å². The molecule has 0 saturated carbocycles. The minimum absolute atomic E-state index is 0.261. The van der Waals surface area contributed by atoms with Crippen LogP contribution in [0.5, 0.6) is 0 Å². The zero-order chi connectivity index (χ0) is 9.56. The second-order valence-electron chi connectivity index (χ2n) is 2.03. The fourth-order valence-electron chi connectivity index (χ4n) is 0.429. The Labute approximate surface area is 68.7 Å². The normalized spacial score (nSPS) is 11.8. The molecule has 0 aromatic carbocycles. The van der Waals surface area contributed by atoms with Crippen LogP contribution < -0.4 is 0 Å². The monoisotopic (exact) mass is 178 g/mol. The summed E-state index contributed by atoms with van der Waals surface area (Å²) in [6, 6.07) is 0. The van der Waals surface area contributed by atoms with Crippen molar-refractivity contribution in [2.24, 2.45) is 0 Å². The van der Waals surface area contributed by atoms with Gasteiger partial charge in [0, 0.05) is 6.92 Å². The molecule has 1 unspecified atom stereocenters. The number of ether oxygens (including phenoxy) is 2. The van der Waals surface area contributed by atoms with Crippen LogP contribution in [0, 0.1) is 0 Å². The first kappa shape index (κ1) is 10.7. The molecule has 1 atom stereocenters. The Balaban J connectivity index is 3.39. The van der Waals surface area contributed by atoms with E-state index in [0.29, 0.717) is 0 Å². The highest BCUT2D eigenvalue weighted by Gasteiger charge is 2.08. The molecule has 0 spiro atoms. The number of rotatable bonds is 4. The SMILES string of the molecule is CC(=O)OCC(O)COC(=O)O. The largest absolute Gasteiger partial charge is 0.505 e. The Morgan fingerprint density at radius 3 is 2.25 bits per heavy atom. The topological polar surface area (TPSA) is 93.1 Å². The number of carboxylic acid groups (broad SMARTS) is 1. The highest BCUT2D eigenvalue weighted by molar-refractivity contribution is 5.65. The van der Waals surface area contributed by atoms with Crippen molar-refractivity contribution in [2.75, 3.05) is 13.2 Å². The van der Waals surface area contributed by atoms with Gasteiger partial charge in [0.05, 0.1) is 0 Å². The van der Waals surface area contributed by atoms with Gasteiger partial charge in [0.1, 0.15) is 19.3 Å². The molecule has 0 radical (unpaired) electrons. The van der Waals surface area contributed by atoms with Gasteiger partial charge in [0.25, 0.3) is 0 Å². The molecule has 0 aromatic heterocycles. The molecule has 12 heavy (non-hydrogen) atoms. The summed E-state index contributed by atoms with van der Waals surface area (Å²) in [5, 5.41) is 16.9. The molecule has 0 aliphatic carbocycles. The average Bonchev–Trinajstić information content (AvgIpc) is 1.96. The first-order valence-electron chi connectivity index (χ1n) is 3.19. The first-order valence-corrected chi connectivity index (χ1v) is 3.19. The van der Waals surface area contributed by atoms with Crippen molar-refractivity contribution in [3.8, 4) is 0 Å². The maximum Gasteiger partial charge on any atom is 0.505 e. The first-order chi connectivity index (χ1) is 5.52. The molecule has 0 aromatic rings. The van der Waals surface area contributed by atoms with Crippen molar-refractivity contribution in [2.45, 2.75) is 13.0 Å². The van der Waals surface area contributed by atoms with Crippen molar-refractivity contribution in [3.05, 3.63) is 0 Å². The van der Waals surface area contributed by atoms with Crippen molar-refractivity contribution in [1.82, 2.24) is 0 Å². The highest BCUT2D eigenvalue weighted by atomic mass is 16.7. The lowest BCUT2D eigenvalue weighted by Gasteiger charge is -2.08. The molecule has 0 rings (SSSR count). The molecule has 0 saturated heterocycles. The van der Waals surface area contributed by atoms with Crippen LogP contribution in [-0.2, 0) is 14.3 Å². The van der Waals surface area contributed by atoms with Crippen molar-refractivity contribution in [1.29, 1.82) is 0 Å². The van der Waals surface area contributed by atoms with Gasteiger partial charge in [-0.3, -0.25) is 4.79 Å². The standard InChI is InChI=1S/C6H10O6/c1-4(7)11-2-5(8)3-12-6(9)10/h5,8H,2-3H2,1H3,(H,9,10). The molecule has 2 N–H and O–H groups in total. The van der Waals surface area contributed by atoms with Crippen LogP contribution in [0.3, 0.4) is 0 Å². The summed E-state index contributed by atoms with van der Waals surface area (Å²) in [5.41, 5.74) is 0. The van der Waals surface area contributed by atoms with Crippen LogP contribution >= 0.6 is 0 Å². The lowest BCUT2D eigenvalue weighted by Crippen LogP contribution is -2.24. The summed E-state index contributed by atoms with van der Waals surface area (Å²) in [4.78, 5) is 20.0. The molecule has 0 aliphatic rings. The molecular weight excluding hydrogens is 168 g/mol. The summed E-state index contributed by atoms with van der Waals surface area (Å²) < 4.78 is 8.39. The molecule has 70 valence electrons. The van der Waals surface area contributed by atoms with Gasteiger partial charge >= 0.3 is 12.1 Å². The lowest BCUT2D eigenvalue weighted by atomic mass is 10.4. The van der Waals surface area contributed by atoms with Gasteiger partial charge < -0.3 is 19.7 Å². The molecule has 6 nitrogen and oxygen atoms in total. The number of carbonyl (C=O) groups excluding carboxylic acids is 1. The third kappa shape index (κ3) is 6.81. The van der Waals surface area contributed by atoms with Gasteiger partial charge in [-0.05, 0) is 0 Å². The number of hydrogen-bond donors (Lipinski definition) is 2. The minimum atomic E-state index is -1.48. The zero-order valence-electron chi connectivity index (χ0n) is 6.52. The van der Waals surface area contributed by atoms with Crippen LogP contribution in [0.2, 0.25) is 0 Å². The van der Waals surface area contributed by atoms with Gasteiger partial charge in [-0.2, -0.15) is 0 Å². The second-order valence-corrected chi connectivity index (χ2v) is 2.03. The Morgan fingerprint density at radius 2 is 1.83 bits per heavy atom. The van der Waals surface area contributed by atoms with E-state index in [9.17, 15) is 9.59 Å². The number of aliphatic hydroxyl groups is 1. The summed E-state index contributed by atoms with van der Waals surface area (Å²) in [6.45, 7) is 0.524. The van der Waals surface area contributed by atoms with Gasteiger partial charge in [-0.25, -0.2) is 4.79 Å². The highest BCUT2D eigenvalue weighted by Crippen LogP contribution is 1.88. The third-order valence-corrected chi connectivity index (χ3v) is 0.878. The molecule has 0 amide bonds. The number of carbonyl (C=O) groups is 2. The average molecular weight is 178 g/mol. The molecule has 0 fully saturated rings. The van der Waals surface area contributed by atoms with E-state index in [2.05, 4.69) is 9.47 Å². The van der Waals surface area contributed by atoms with Crippen LogP contribution in [-0.4, -0.2) is 41.7 Å². The van der Waals surface area contributed by atoms with Crippen molar-refractivity contribution < 1.29 is 29.3 Å². The fourth-order valence-corrected chi connectivity index (χ4v) is 0.429. The smallest absolute Gasteiger partial charge is 0.463 e. The predicted octanol–water partition coefficient (Wildman–Crippen LogP) is -0.395. The summed E-state index contributed by atoms with van der Waals surface area (Å²) >= 11 is 0. The molecule has 0 bridgehead atoms. The third-order valence-electron chi connectivity index (χ3n) is 0.878. The number of hydrogen-bond acceptors (Lipinski definition) is 5. The van der Waals surface area contributed by atoms with Crippen LogP contribution in [0.15, 0.2) is 0 Å². The minimum Gasteiger partial charge on any atom is -0.463 e. The Morgan fingerprint density at radius 1 is 1.33 bits per heavy atom. The number of aliphatic hydroxyl groups excluding tert-OH is 1. The van der Waals surface area contributed by atoms with Gasteiger partial charge in [0.2, 0.25) is 0 Å². The molecular formula is C6H10O6. The maximum absolute atomic E-state index is 10.2. The molecule has 6 heteroatoms. The predicted molar refractivity (Wildman–Crippen MR) is 36.6 cm³/mol. The Hall–Kier alpha value is -1.30. The van der Waals surface area contributed by atoms with Crippen LogP contribution in [0.4, 0.5) is 4.79 Å². The van der Waals surface area contributed by atoms with E-state index >= 15 is 0 Å². The Kier molecular flexibility index (Phi) is 4.78. The summed E-state index contributed by atoms with van der Waals surface area (Å²) in [7, 11) is 0. The van der Waals surface area contributed by atoms with E-state index in [0.717, 1.165) is 0 Å². The quantitative estimate of drug-likeness (QED) is 0.569.